The summed E-state index contributed by atoms with van der Waals surface area (Å²) in [5, 5.41) is 3.56. The van der Waals surface area contributed by atoms with Crippen molar-refractivity contribution < 1.29 is 18.0 Å². The van der Waals surface area contributed by atoms with Crippen molar-refractivity contribution >= 4 is 5.91 Å². The van der Waals surface area contributed by atoms with Crippen molar-refractivity contribution in [3.63, 3.8) is 0 Å². The number of nitrogens with zero attached hydrogens (tertiary/aromatic N) is 2. The lowest BCUT2D eigenvalue weighted by Gasteiger charge is -2.33. The van der Waals surface area contributed by atoms with Crippen molar-refractivity contribution in [2.75, 3.05) is 26.2 Å². The fraction of sp³-hybridized carbons (Fsp3) is 0.650. The molecule has 1 aromatic carbocycles. The van der Waals surface area contributed by atoms with E-state index >= 15 is 0 Å². The lowest BCUT2D eigenvalue weighted by atomic mass is 10.0. The van der Waals surface area contributed by atoms with Crippen LogP contribution in [0.1, 0.15) is 43.7 Å². The van der Waals surface area contributed by atoms with Crippen molar-refractivity contribution in [3.8, 4) is 0 Å². The van der Waals surface area contributed by atoms with Crippen LogP contribution in [0.15, 0.2) is 24.3 Å². The minimum Gasteiger partial charge on any atom is -0.337 e. The highest BCUT2D eigenvalue weighted by Crippen LogP contribution is 2.33. The molecule has 1 amide bonds. The molecular formula is C20H28F3N3O. The van der Waals surface area contributed by atoms with Crippen LogP contribution >= 0.6 is 0 Å². The molecule has 0 unspecified atom stereocenters. The average molecular weight is 383 g/mol. The van der Waals surface area contributed by atoms with E-state index in [2.05, 4.69) is 17.1 Å². The maximum atomic E-state index is 13.2. The van der Waals surface area contributed by atoms with Gasteiger partial charge in [-0.05, 0) is 50.5 Å². The Hall–Kier alpha value is -1.60. The van der Waals surface area contributed by atoms with Crippen LogP contribution in [0.2, 0.25) is 0 Å². The molecule has 0 spiro atoms. The number of benzene rings is 1. The van der Waals surface area contributed by atoms with E-state index < -0.39 is 11.7 Å². The standard InChI is InChI=1S/C20H28F3N3O/c1-2-9-25-10-7-16(8-11-25)24-17-12-19(27)26(14-17)13-15-5-3-4-6-18(15)20(21,22)23/h3-6,16-17,24H,2,7-14H2,1H3/t17-/m1/s1. The Morgan fingerprint density at radius 3 is 2.52 bits per heavy atom. The maximum absolute atomic E-state index is 13.2. The highest BCUT2D eigenvalue weighted by molar-refractivity contribution is 5.79. The first-order valence-electron chi connectivity index (χ1n) is 9.78. The maximum Gasteiger partial charge on any atom is 0.416 e. The largest absolute Gasteiger partial charge is 0.416 e. The molecule has 0 radical (unpaired) electrons. The number of hydrogen-bond acceptors (Lipinski definition) is 3. The van der Waals surface area contributed by atoms with Crippen LogP contribution in [0.4, 0.5) is 13.2 Å². The van der Waals surface area contributed by atoms with Gasteiger partial charge in [0.05, 0.1) is 5.56 Å². The van der Waals surface area contributed by atoms with Gasteiger partial charge in [0.15, 0.2) is 0 Å². The number of piperidine rings is 1. The molecule has 0 aliphatic carbocycles. The van der Waals surface area contributed by atoms with Gasteiger partial charge in [-0.2, -0.15) is 13.2 Å². The number of carbonyl (C=O) groups excluding carboxylic acids is 1. The first-order valence-corrected chi connectivity index (χ1v) is 9.78. The molecule has 4 nitrogen and oxygen atoms in total. The van der Waals surface area contributed by atoms with Gasteiger partial charge >= 0.3 is 6.18 Å². The van der Waals surface area contributed by atoms with Gasteiger partial charge in [-0.15, -0.1) is 0 Å². The van der Waals surface area contributed by atoms with E-state index in [-0.39, 0.29) is 24.1 Å². The molecule has 1 aromatic rings. The molecule has 7 heteroatoms. The Bertz CT molecular complexity index is 642. The predicted molar refractivity (Wildman–Crippen MR) is 98.2 cm³/mol. The van der Waals surface area contributed by atoms with Gasteiger partial charge in [-0.25, -0.2) is 0 Å². The van der Waals surface area contributed by atoms with E-state index in [1.165, 1.54) is 12.1 Å². The summed E-state index contributed by atoms with van der Waals surface area (Å²) in [7, 11) is 0. The number of alkyl halides is 3. The summed E-state index contributed by atoms with van der Waals surface area (Å²) >= 11 is 0. The van der Waals surface area contributed by atoms with Gasteiger partial charge < -0.3 is 15.1 Å². The molecule has 2 aliphatic heterocycles. The lowest BCUT2D eigenvalue weighted by molar-refractivity contribution is -0.139. The Morgan fingerprint density at radius 2 is 1.85 bits per heavy atom. The zero-order valence-electron chi connectivity index (χ0n) is 15.8. The van der Waals surface area contributed by atoms with Gasteiger partial charge in [0.25, 0.3) is 0 Å². The normalized spacial score (nSPS) is 22.6. The minimum atomic E-state index is -4.40. The molecule has 2 fully saturated rings. The third-order valence-electron chi connectivity index (χ3n) is 5.50. The molecule has 0 aromatic heterocycles. The van der Waals surface area contributed by atoms with E-state index in [1.807, 2.05) is 0 Å². The average Bonchev–Trinajstić information content (AvgIpc) is 2.95. The summed E-state index contributed by atoms with van der Waals surface area (Å²) < 4.78 is 39.5. The second kappa shape index (κ2) is 8.61. The Labute approximate surface area is 158 Å². The molecule has 2 heterocycles. The zero-order chi connectivity index (χ0) is 19.4. The topological polar surface area (TPSA) is 35.6 Å². The van der Waals surface area contributed by atoms with Crippen molar-refractivity contribution in [1.29, 1.82) is 0 Å². The van der Waals surface area contributed by atoms with Gasteiger partial charge in [0.1, 0.15) is 0 Å². The molecule has 3 rings (SSSR count). The number of likely N-dealkylation sites (tertiary alicyclic amines) is 2. The van der Waals surface area contributed by atoms with Crippen LogP contribution < -0.4 is 5.32 Å². The minimum absolute atomic E-state index is 0.0155. The number of nitrogens with one attached hydrogen (secondary N) is 1. The Kier molecular flexibility index (Phi) is 6.42. The second-order valence-corrected chi connectivity index (χ2v) is 7.61. The summed E-state index contributed by atoms with van der Waals surface area (Å²) in [5.41, 5.74) is -0.496. The van der Waals surface area contributed by atoms with E-state index in [9.17, 15) is 18.0 Å². The SMILES string of the molecule is CCCN1CCC(N[C@@H]2CC(=O)N(Cc3ccccc3C(F)(F)F)C2)CC1. The number of amides is 1. The highest BCUT2D eigenvalue weighted by atomic mass is 19.4. The third kappa shape index (κ3) is 5.23. The molecule has 27 heavy (non-hydrogen) atoms. The third-order valence-corrected chi connectivity index (χ3v) is 5.50. The first-order chi connectivity index (χ1) is 12.9. The molecular weight excluding hydrogens is 355 g/mol. The van der Waals surface area contributed by atoms with Gasteiger partial charge in [0, 0.05) is 31.6 Å². The second-order valence-electron chi connectivity index (χ2n) is 7.61. The number of halogens is 3. The molecule has 1 atom stereocenters. The Morgan fingerprint density at radius 1 is 1.15 bits per heavy atom. The number of rotatable bonds is 6. The fourth-order valence-electron chi connectivity index (χ4n) is 4.15. The fourth-order valence-corrected chi connectivity index (χ4v) is 4.15. The number of hydrogen-bond donors (Lipinski definition) is 1. The smallest absolute Gasteiger partial charge is 0.337 e. The van der Waals surface area contributed by atoms with Gasteiger partial charge in [-0.3, -0.25) is 4.79 Å². The van der Waals surface area contributed by atoms with E-state index in [0.29, 0.717) is 19.0 Å². The van der Waals surface area contributed by atoms with E-state index in [4.69, 9.17) is 0 Å². The van der Waals surface area contributed by atoms with E-state index in [1.54, 1.807) is 11.0 Å². The summed E-state index contributed by atoms with van der Waals surface area (Å²) in [6.07, 6.45) is -0.764. The van der Waals surface area contributed by atoms with Crippen LogP contribution in [0.3, 0.4) is 0 Å². The van der Waals surface area contributed by atoms with Crippen LogP contribution in [0, 0.1) is 0 Å². The van der Waals surface area contributed by atoms with Gasteiger partial charge in [0.2, 0.25) is 5.91 Å². The van der Waals surface area contributed by atoms with Crippen LogP contribution in [0.25, 0.3) is 0 Å². The summed E-state index contributed by atoms with van der Waals surface area (Å²) in [5.74, 6) is -0.0760. The molecule has 2 aliphatic rings. The zero-order valence-corrected chi connectivity index (χ0v) is 15.8. The molecule has 0 saturated carbocycles. The molecule has 2 saturated heterocycles. The van der Waals surface area contributed by atoms with Crippen molar-refractivity contribution in [3.05, 3.63) is 35.4 Å². The molecule has 1 N–H and O–H groups in total. The lowest BCUT2D eigenvalue weighted by Crippen LogP contribution is -2.47. The van der Waals surface area contributed by atoms with Gasteiger partial charge in [-0.1, -0.05) is 25.1 Å². The van der Waals surface area contributed by atoms with Crippen LogP contribution in [0.5, 0.6) is 0 Å². The summed E-state index contributed by atoms with van der Waals surface area (Å²) in [4.78, 5) is 16.3. The van der Waals surface area contributed by atoms with Crippen LogP contribution in [-0.2, 0) is 17.5 Å². The monoisotopic (exact) mass is 383 g/mol. The van der Waals surface area contributed by atoms with Crippen molar-refractivity contribution in [2.24, 2.45) is 0 Å². The van der Waals surface area contributed by atoms with E-state index in [0.717, 1.165) is 45.0 Å². The first kappa shape index (κ1) is 20.1. The predicted octanol–water partition coefficient (Wildman–Crippen LogP) is 3.27. The Balaban J connectivity index is 1.54. The van der Waals surface area contributed by atoms with Crippen molar-refractivity contribution in [2.45, 2.75) is 57.4 Å². The molecule has 0 bridgehead atoms. The molecule has 150 valence electrons. The quantitative estimate of drug-likeness (QED) is 0.819. The highest BCUT2D eigenvalue weighted by Gasteiger charge is 2.36. The van der Waals surface area contributed by atoms with Crippen LogP contribution in [-0.4, -0.2) is 54.0 Å². The number of carbonyl (C=O) groups is 1. The summed E-state index contributed by atoms with van der Waals surface area (Å²) in [6.45, 7) is 5.92. The van der Waals surface area contributed by atoms with Crippen molar-refractivity contribution in [1.82, 2.24) is 15.1 Å². The summed E-state index contributed by atoms with van der Waals surface area (Å²) in [6, 6.07) is 5.92.